The lowest BCUT2D eigenvalue weighted by molar-refractivity contribution is 0.628. The average Bonchev–Trinajstić information content (AvgIpc) is 2.89. The zero-order valence-corrected chi connectivity index (χ0v) is 10.8. The summed E-state index contributed by atoms with van der Waals surface area (Å²) in [5.41, 5.74) is 5.22. The van der Waals surface area contributed by atoms with Crippen LogP contribution >= 0.6 is 11.6 Å². The SMILES string of the molecule is NNc1nc(-c2ccc(Cl)c(F)c2)nc2c1CCC2. The molecule has 4 nitrogen and oxygen atoms in total. The first-order valence-electron chi connectivity index (χ1n) is 6.01. The van der Waals surface area contributed by atoms with E-state index < -0.39 is 5.82 Å². The van der Waals surface area contributed by atoms with E-state index in [2.05, 4.69) is 15.4 Å². The summed E-state index contributed by atoms with van der Waals surface area (Å²) in [5.74, 6) is 6.09. The van der Waals surface area contributed by atoms with E-state index in [1.807, 2.05) is 0 Å². The summed E-state index contributed by atoms with van der Waals surface area (Å²) in [6.07, 6.45) is 2.86. The lowest BCUT2D eigenvalue weighted by Gasteiger charge is -2.09. The van der Waals surface area contributed by atoms with Crippen LogP contribution in [0.25, 0.3) is 11.4 Å². The van der Waals surface area contributed by atoms with Crippen LogP contribution in [0.15, 0.2) is 18.2 Å². The lowest BCUT2D eigenvalue weighted by Crippen LogP contribution is -2.12. The fraction of sp³-hybridized carbons (Fsp3) is 0.231. The third-order valence-corrected chi connectivity index (χ3v) is 3.55. The molecule has 3 N–H and O–H groups in total. The van der Waals surface area contributed by atoms with Gasteiger partial charge in [-0.1, -0.05) is 11.6 Å². The average molecular weight is 279 g/mol. The van der Waals surface area contributed by atoms with E-state index in [9.17, 15) is 4.39 Å². The molecule has 1 heterocycles. The summed E-state index contributed by atoms with van der Waals surface area (Å²) < 4.78 is 13.5. The molecule has 0 saturated heterocycles. The zero-order chi connectivity index (χ0) is 13.4. The van der Waals surface area contributed by atoms with E-state index in [-0.39, 0.29) is 5.02 Å². The number of aromatic nitrogens is 2. The Bertz CT molecular complexity index is 645. The molecule has 1 aliphatic rings. The van der Waals surface area contributed by atoms with Crippen molar-refractivity contribution in [2.45, 2.75) is 19.3 Å². The van der Waals surface area contributed by atoms with Gasteiger partial charge in [-0.15, -0.1) is 0 Å². The Morgan fingerprint density at radius 3 is 2.84 bits per heavy atom. The maximum atomic E-state index is 13.5. The number of halogens is 2. The third kappa shape index (κ3) is 2.15. The first-order chi connectivity index (χ1) is 9.19. The first-order valence-corrected chi connectivity index (χ1v) is 6.38. The first kappa shape index (κ1) is 12.3. The summed E-state index contributed by atoms with van der Waals surface area (Å²) in [6.45, 7) is 0. The minimum Gasteiger partial charge on any atom is -0.308 e. The largest absolute Gasteiger partial charge is 0.308 e. The van der Waals surface area contributed by atoms with Crippen molar-refractivity contribution < 1.29 is 4.39 Å². The fourth-order valence-corrected chi connectivity index (χ4v) is 2.43. The van der Waals surface area contributed by atoms with E-state index in [4.69, 9.17) is 17.4 Å². The van der Waals surface area contributed by atoms with Crippen molar-refractivity contribution in [2.24, 2.45) is 5.84 Å². The molecule has 0 spiro atoms. The quantitative estimate of drug-likeness (QED) is 0.655. The van der Waals surface area contributed by atoms with Crippen molar-refractivity contribution in [1.29, 1.82) is 0 Å². The number of fused-ring (bicyclic) bond motifs is 1. The Morgan fingerprint density at radius 2 is 2.11 bits per heavy atom. The number of hydrogen-bond acceptors (Lipinski definition) is 4. The molecule has 19 heavy (non-hydrogen) atoms. The number of rotatable bonds is 2. The van der Waals surface area contributed by atoms with Gasteiger partial charge in [0.15, 0.2) is 5.82 Å². The predicted octanol–water partition coefficient (Wildman–Crippen LogP) is 2.71. The maximum absolute atomic E-state index is 13.5. The van der Waals surface area contributed by atoms with Crippen LogP contribution in [-0.4, -0.2) is 9.97 Å². The third-order valence-electron chi connectivity index (χ3n) is 3.25. The van der Waals surface area contributed by atoms with E-state index in [0.29, 0.717) is 17.2 Å². The molecule has 2 aromatic rings. The molecule has 3 rings (SSSR count). The summed E-state index contributed by atoms with van der Waals surface area (Å²) >= 11 is 5.67. The van der Waals surface area contributed by atoms with Crippen LogP contribution in [0, 0.1) is 5.82 Å². The van der Waals surface area contributed by atoms with Gasteiger partial charge >= 0.3 is 0 Å². The number of hydrazine groups is 1. The molecule has 0 unspecified atom stereocenters. The van der Waals surface area contributed by atoms with Crippen LogP contribution in [0.3, 0.4) is 0 Å². The van der Waals surface area contributed by atoms with Gasteiger partial charge in [-0.3, -0.25) is 0 Å². The topological polar surface area (TPSA) is 63.8 Å². The van der Waals surface area contributed by atoms with Gasteiger partial charge in [0, 0.05) is 16.8 Å². The van der Waals surface area contributed by atoms with Crippen LogP contribution in [0.4, 0.5) is 10.2 Å². The number of nitrogens with two attached hydrogens (primary N) is 1. The highest BCUT2D eigenvalue weighted by Crippen LogP contribution is 2.29. The Labute approximate surface area is 114 Å². The molecular weight excluding hydrogens is 267 g/mol. The second-order valence-electron chi connectivity index (χ2n) is 4.45. The van der Waals surface area contributed by atoms with Crippen molar-refractivity contribution in [2.75, 3.05) is 5.43 Å². The summed E-state index contributed by atoms with van der Waals surface area (Å²) in [4.78, 5) is 8.83. The molecule has 1 aliphatic carbocycles. The minimum atomic E-state index is -0.481. The molecule has 0 radical (unpaired) electrons. The molecule has 0 aliphatic heterocycles. The number of benzene rings is 1. The van der Waals surface area contributed by atoms with Gasteiger partial charge < -0.3 is 5.43 Å². The van der Waals surface area contributed by atoms with Crippen molar-refractivity contribution in [3.8, 4) is 11.4 Å². The van der Waals surface area contributed by atoms with Gasteiger partial charge in [-0.25, -0.2) is 20.2 Å². The van der Waals surface area contributed by atoms with Gasteiger partial charge in [0.25, 0.3) is 0 Å². The molecule has 98 valence electrons. The monoisotopic (exact) mass is 278 g/mol. The summed E-state index contributed by atoms with van der Waals surface area (Å²) in [7, 11) is 0. The van der Waals surface area contributed by atoms with Gasteiger partial charge in [-0.05, 0) is 37.5 Å². The fourth-order valence-electron chi connectivity index (χ4n) is 2.32. The molecule has 0 saturated carbocycles. The molecule has 0 amide bonds. The lowest BCUT2D eigenvalue weighted by atomic mass is 10.2. The highest BCUT2D eigenvalue weighted by molar-refractivity contribution is 6.30. The second kappa shape index (κ2) is 4.75. The zero-order valence-electron chi connectivity index (χ0n) is 10.1. The Hall–Kier alpha value is -1.72. The van der Waals surface area contributed by atoms with Gasteiger partial charge in [0.2, 0.25) is 0 Å². The molecule has 0 bridgehead atoms. The van der Waals surface area contributed by atoms with Gasteiger partial charge in [-0.2, -0.15) is 0 Å². The van der Waals surface area contributed by atoms with E-state index >= 15 is 0 Å². The smallest absolute Gasteiger partial charge is 0.161 e. The van der Waals surface area contributed by atoms with Crippen molar-refractivity contribution >= 4 is 17.4 Å². The number of nitrogens with zero attached hydrogens (tertiary/aromatic N) is 2. The summed E-state index contributed by atoms with van der Waals surface area (Å²) in [5, 5.41) is 0.0853. The van der Waals surface area contributed by atoms with Crippen LogP contribution in [0.1, 0.15) is 17.7 Å². The molecule has 1 aromatic carbocycles. The van der Waals surface area contributed by atoms with Crippen LogP contribution < -0.4 is 11.3 Å². The summed E-state index contributed by atoms with van der Waals surface area (Å²) in [6, 6.07) is 4.53. The second-order valence-corrected chi connectivity index (χ2v) is 4.86. The molecule has 6 heteroatoms. The van der Waals surface area contributed by atoms with E-state index in [0.717, 1.165) is 30.5 Å². The number of anilines is 1. The Morgan fingerprint density at radius 1 is 1.26 bits per heavy atom. The van der Waals surface area contributed by atoms with E-state index in [1.54, 1.807) is 6.07 Å². The van der Waals surface area contributed by atoms with Crippen molar-refractivity contribution in [1.82, 2.24) is 9.97 Å². The van der Waals surface area contributed by atoms with Crippen LogP contribution in [-0.2, 0) is 12.8 Å². The highest BCUT2D eigenvalue weighted by Gasteiger charge is 2.19. The number of aryl methyl sites for hydroxylation is 1. The van der Waals surface area contributed by atoms with E-state index in [1.165, 1.54) is 12.1 Å². The van der Waals surface area contributed by atoms with Crippen LogP contribution in [0.5, 0.6) is 0 Å². The maximum Gasteiger partial charge on any atom is 0.161 e. The highest BCUT2D eigenvalue weighted by atomic mass is 35.5. The molecule has 1 aromatic heterocycles. The van der Waals surface area contributed by atoms with Crippen molar-refractivity contribution in [3.63, 3.8) is 0 Å². The van der Waals surface area contributed by atoms with Gasteiger partial charge in [0.05, 0.1) is 5.02 Å². The Balaban J connectivity index is 2.12. The molecular formula is C13H12ClFN4. The standard InChI is InChI=1S/C13H12ClFN4/c14-9-5-4-7(6-10(9)15)12-17-11-3-1-2-8(11)13(18-12)19-16/h4-6H,1-3,16H2,(H,17,18,19). The Kier molecular flexibility index (Phi) is 3.08. The number of nitrogens with one attached hydrogen (secondary N) is 1. The van der Waals surface area contributed by atoms with Crippen molar-refractivity contribution in [3.05, 3.63) is 40.3 Å². The minimum absolute atomic E-state index is 0.0853. The normalized spacial score (nSPS) is 13.4. The predicted molar refractivity (Wildman–Crippen MR) is 72.3 cm³/mol. The molecule has 0 atom stereocenters. The van der Waals surface area contributed by atoms with Gasteiger partial charge in [0.1, 0.15) is 11.6 Å². The molecule has 0 fully saturated rings. The number of hydrogen-bond donors (Lipinski definition) is 2. The number of nitrogen functional groups attached to an aromatic ring is 1. The van der Waals surface area contributed by atoms with Crippen LogP contribution in [0.2, 0.25) is 5.02 Å².